The molecular formula is C32H44N6O11S. The molecule has 2 aromatic carbocycles. The van der Waals surface area contributed by atoms with Crippen molar-refractivity contribution < 1.29 is 47.1 Å². The number of amides is 1. The molecule has 1 aliphatic carbocycles. The van der Waals surface area contributed by atoms with Crippen molar-refractivity contribution in [1.82, 2.24) is 15.1 Å². The number of rotatable bonds is 16. The van der Waals surface area contributed by atoms with Gasteiger partial charge in [0.15, 0.2) is 11.3 Å². The predicted octanol–water partition coefficient (Wildman–Crippen LogP) is 2.21. The number of carbonyl (C=O) groups is 1. The predicted molar refractivity (Wildman–Crippen MR) is 179 cm³/mol. The summed E-state index contributed by atoms with van der Waals surface area (Å²) in [6.07, 6.45) is 0.538. The summed E-state index contributed by atoms with van der Waals surface area (Å²) in [5, 5.41) is 32.9. The molecule has 1 amide bonds. The molecule has 0 spiro atoms. The van der Waals surface area contributed by atoms with Gasteiger partial charge in [0.1, 0.15) is 11.2 Å². The Morgan fingerprint density at radius 2 is 1.90 bits per heavy atom. The van der Waals surface area contributed by atoms with Crippen LogP contribution in [0.2, 0.25) is 0 Å². The van der Waals surface area contributed by atoms with E-state index in [9.17, 15) is 28.4 Å². The summed E-state index contributed by atoms with van der Waals surface area (Å²) in [6.45, 7) is 0.671. The van der Waals surface area contributed by atoms with Gasteiger partial charge in [-0.15, -0.1) is 0 Å². The largest absolute Gasteiger partial charge is 0.464 e. The minimum absolute atomic E-state index is 0.0783. The molecule has 2 aromatic rings. The van der Waals surface area contributed by atoms with Crippen LogP contribution in [0.15, 0.2) is 64.6 Å². The molecule has 5 rings (SSSR count). The fraction of sp³-hybridized carbons (Fsp3) is 0.562. The Morgan fingerprint density at radius 3 is 2.64 bits per heavy atom. The zero-order valence-corrected chi connectivity index (χ0v) is 28.5. The number of hydrogen-bond acceptors (Lipinski definition) is 12. The van der Waals surface area contributed by atoms with Crippen molar-refractivity contribution in [2.45, 2.75) is 74.1 Å². The van der Waals surface area contributed by atoms with Crippen molar-refractivity contribution in [3.8, 4) is 0 Å². The normalized spacial score (nSPS) is 22.1. The van der Waals surface area contributed by atoms with Gasteiger partial charge in [0.25, 0.3) is 10.0 Å². The van der Waals surface area contributed by atoms with Crippen LogP contribution in [0.3, 0.4) is 0 Å². The minimum atomic E-state index is -4.32. The summed E-state index contributed by atoms with van der Waals surface area (Å²) in [7, 11) is -3.08. The van der Waals surface area contributed by atoms with Crippen molar-refractivity contribution in [2.24, 2.45) is 11.0 Å². The van der Waals surface area contributed by atoms with Crippen LogP contribution in [-0.4, -0.2) is 106 Å². The zero-order chi connectivity index (χ0) is 35.5. The highest BCUT2D eigenvalue weighted by atomic mass is 32.2. The number of nitro groups is 1. The fourth-order valence-electron chi connectivity index (χ4n) is 6.14. The number of alkyl carbamates (subject to hydrolysis) is 1. The third kappa shape index (κ3) is 10.2. The number of hydrazone groups is 1. The number of amidine groups is 1. The van der Waals surface area contributed by atoms with Crippen LogP contribution in [0.1, 0.15) is 37.7 Å². The number of nitrogens with zero attached hydrogens (tertiary/aromatic N) is 3. The maximum absolute atomic E-state index is 14.1. The van der Waals surface area contributed by atoms with Gasteiger partial charge in [-0.1, -0.05) is 53.7 Å². The number of aliphatic hydroxyl groups is 1. The van der Waals surface area contributed by atoms with Gasteiger partial charge in [-0.25, -0.2) is 23.3 Å². The van der Waals surface area contributed by atoms with Crippen molar-refractivity contribution in [2.75, 3.05) is 45.3 Å². The second-order valence-electron chi connectivity index (χ2n) is 12.2. The number of benzene rings is 2. The number of ether oxygens (including phenoxy) is 4. The third-order valence-electron chi connectivity index (χ3n) is 8.71. The number of anilines is 1. The maximum atomic E-state index is 14.1. The van der Waals surface area contributed by atoms with E-state index in [4.69, 9.17) is 23.8 Å². The van der Waals surface area contributed by atoms with E-state index < -0.39 is 52.2 Å². The average Bonchev–Trinajstić information content (AvgIpc) is 3.87. The molecule has 3 fully saturated rings. The van der Waals surface area contributed by atoms with E-state index in [1.807, 2.05) is 30.3 Å². The van der Waals surface area contributed by atoms with Gasteiger partial charge in [-0.2, -0.15) is 0 Å². The molecule has 3 aliphatic rings. The quantitative estimate of drug-likeness (QED) is 0.0645. The Morgan fingerprint density at radius 1 is 1.12 bits per heavy atom. The molecule has 50 heavy (non-hydrogen) atoms. The number of nitrogens with one attached hydrogen (secondary N) is 3. The lowest BCUT2D eigenvalue weighted by atomic mass is 10.0. The lowest BCUT2D eigenvalue weighted by Gasteiger charge is -2.31. The second kappa shape index (κ2) is 17.7. The number of methoxy groups -OCH3 is 1. The second-order valence-corrected chi connectivity index (χ2v) is 14.0. The van der Waals surface area contributed by atoms with E-state index in [0.717, 1.165) is 22.9 Å². The molecule has 2 saturated heterocycles. The van der Waals surface area contributed by atoms with Gasteiger partial charge in [-0.3, -0.25) is 4.84 Å². The van der Waals surface area contributed by atoms with E-state index in [0.29, 0.717) is 31.6 Å². The first-order chi connectivity index (χ1) is 24.1. The summed E-state index contributed by atoms with van der Waals surface area (Å²) in [5.74, 6) is -0.0783. The number of fused-ring (bicyclic) bond motifs is 1. The number of carbonyl (C=O) groups excluding carboxylic acids is 1. The van der Waals surface area contributed by atoms with Gasteiger partial charge < -0.3 is 40.0 Å². The summed E-state index contributed by atoms with van der Waals surface area (Å²) in [6, 6.07) is 14.1. The summed E-state index contributed by atoms with van der Waals surface area (Å²) in [4.78, 5) is 29.8. The minimum Gasteiger partial charge on any atom is -0.464 e. The zero-order valence-electron chi connectivity index (χ0n) is 27.7. The molecule has 0 radical (unpaired) electrons. The van der Waals surface area contributed by atoms with Crippen LogP contribution in [0.5, 0.6) is 0 Å². The van der Waals surface area contributed by atoms with E-state index in [2.05, 4.69) is 21.1 Å². The highest BCUT2D eigenvalue weighted by Crippen LogP contribution is 2.33. The van der Waals surface area contributed by atoms with Gasteiger partial charge >= 0.3 is 12.1 Å². The monoisotopic (exact) mass is 720 g/mol. The smallest absolute Gasteiger partial charge is 0.407 e. The lowest BCUT2D eigenvalue weighted by Crippen LogP contribution is -2.51. The van der Waals surface area contributed by atoms with Crippen molar-refractivity contribution >= 4 is 27.8 Å². The Kier molecular flexibility index (Phi) is 13.2. The van der Waals surface area contributed by atoms with E-state index in [1.54, 1.807) is 12.1 Å². The first-order valence-corrected chi connectivity index (χ1v) is 18.0. The van der Waals surface area contributed by atoms with Crippen LogP contribution in [0.4, 0.5) is 10.5 Å². The van der Waals surface area contributed by atoms with Crippen molar-refractivity contribution in [3.63, 3.8) is 0 Å². The van der Waals surface area contributed by atoms with Crippen LogP contribution < -0.4 is 16.0 Å². The first-order valence-electron chi connectivity index (χ1n) is 16.6. The number of sulfonamides is 1. The van der Waals surface area contributed by atoms with Crippen LogP contribution >= 0.6 is 0 Å². The first kappa shape index (κ1) is 37.2. The fourth-order valence-corrected chi connectivity index (χ4v) is 7.49. The highest BCUT2D eigenvalue weighted by Gasteiger charge is 2.44. The number of hydroxylamine groups is 1. The van der Waals surface area contributed by atoms with Gasteiger partial charge in [-0.05, 0) is 49.4 Å². The Balaban J connectivity index is 1.29. The Hall–Kier alpha value is -4.07. The van der Waals surface area contributed by atoms with Crippen molar-refractivity contribution in [1.29, 1.82) is 0 Å². The molecule has 5 atom stereocenters. The lowest BCUT2D eigenvalue weighted by molar-refractivity contribution is -0.486. The third-order valence-corrected chi connectivity index (χ3v) is 10.3. The standard InChI is InChI=1S/C32H44N6O11S/c1-45-31(36-38(41)42)34-16-15-33-23-10-7-13-25(19-23)50(43,44)37(49-24-11-5-6-12-24)20-28(39)27(18-22-8-3-2-4-9-22)35-32(40)48-29-21-47-30-26(29)14-17-46-30/h2-4,7-10,13,19,24,26-30,33,39H,5-6,11-12,14-18,20-21H2,1H3,(H,34,36)(H,35,40)/t26-,27-,28+,29-,30+/m0/s1. The maximum Gasteiger partial charge on any atom is 0.407 e. The van der Waals surface area contributed by atoms with Gasteiger partial charge in [0.05, 0.1) is 55.9 Å². The molecule has 0 aromatic heterocycles. The summed E-state index contributed by atoms with van der Waals surface area (Å²) < 4.78 is 50.7. The SMILES string of the molecule is COC(=N[N+](=O)[O-])NCCNc1cccc(S(=O)(=O)N(C[C@@H](O)[C@H](Cc2ccccc2)NC(=O)O[C@H]2CO[C@H]3OCC[C@H]32)OC2CCCC2)c1. The molecule has 2 heterocycles. The van der Waals surface area contributed by atoms with Crippen LogP contribution in [-0.2, 0) is 40.2 Å². The van der Waals surface area contributed by atoms with E-state index in [1.165, 1.54) is 19.2 Å². The highest BCUT2D eigenvalue weighted by molar-refractivity contribution is 7.89. The van der Waals surface area contributed by atoms with Crippen LogP contribution in [0, 0.1) is 16.0 Å². The molecule has 4 N–H and O–H groups in total. The molecule has 0 unspecified atom stereocenters. The molecule has 2 aliphatic heterocycles. The van der Waals surface area contributed by atoms with Crippen molar-refractivity contribution in [3.05, 3.63) is 70.3 Å². The van der Waals surface area contributed by atoms with E-state index >= 15 is 0 Å². The van der Waals surface area contributed by atoms with Crippen LogP contribution in [0.25, 0.3) is 0 Å². The number of hydrogen-bond donors (Lipinski definition) is 4. The number of aliphatic hydroxyl groups excluding tert-OH is 1. The van der Waals surface area contributed by atoms with Gasteiger partial charge in [0, 0.05) is 18.8 Å². The van der Waals surface area contributed by atoms with E-state index in [-0.39, 0.29) is 49.1 Å². The molecule has 18 heteroatoms. The molecule has 0 bridgehead atoms. The topological polar surface area (TPSA) is 212 Å². The average molecular weight is 721 g/mol. The molecule has 274 valence electrons. The Bertz CT molecular complexity index is 1560. The Labute approximate surface area is 290 Å². The van der Waals surface area contributed by atoms with Gasteiger partial charge in [0.2, 0.25) is 0 Å². The molecular weight excluding hydrogens is 676 g/mol. The summed E-state index contributed by atoms with van der Waals surface area (Å²) in [5.41, 5.74) is 1.27. The molecule has 1 saturated carbocycles. The molecule has 17 nitrogen and oxygen atoms in total. The summed E-state index contributed by atoms with van der Waals surface area (Å²) >= 11 is 0.